The standard InChI is InChI=1S/C40H59N5O9S/c1-4-54-36(49)17-9-8-14-27(23-33(47)34-16-11-21-55-34)38(51)43-29(18-19-35(41)48)40(53)45-20-10-15-31(45)39(52)44-30(22-25(2)3)32(46)24-28(37(42)50)26-12-6-5-7-13-26/h9,11,16-17,21,25-31H,4-8,10,12-15,18-20,22-24H2,1-3H3,(H2,41,48)(H2,42,50)(H,43,51)(H,44,52)/b17-9+/t27-,28+,29+,30+,31+/m1/s1. The van der Waals surface area contributed by atoms with Crippen LogP contribution in [0.25, 0.3) is 0 Å². The molecule has 1 aliphatic carbocycles. The Labute approximate surface area is 327 Å². The van der Waals surface area contributed by atoms with Gasteiger partial charge < -0.3 is 31.7 Å². The number of allylic oxidation sites excluding steroid dienone is 1. The van der Waals surface area contributed by atoms with Crippen molar-refractivity contribution in [2.45, 2.75) is 129 Å². The molecule has 2 aliphatic rings. The maximum absolute atomic E-state index is 14.2. The van der Waals surface area contributed by atoms with Gasteiger partial charge in [0.1, 0.15) is 12.1 Å². The number of carbonyl (C=O) groups is 8. The summed E-state index contributed by atoms with van der Waals surface area (Å²) in [6.07, 6.45) is 8.47. The predicted molar refractivity (Wildman–Crippen MR) is 207 cm³/mol. The number of Topliss-reactive ketones (excluding diaryl/α,β-unsaturated/α-hetero) is 2. The van der Waals surface area contributed by atoms with Crippen LogP contribution in [0.4, 0.5) is 0 Å². The number of hydrogen-bond donors (Lipinski definition) is 4. The van der Waals surface area contributed by atoms with Crippen molar-refractivity contribution in [2.75, 3.05) is 13.2 Å². The van der Waals surface area contributed by atoms with Gasteiger partial charge in [0.25, 0.3) is 0 Å². The number of nitrogens with one attached hydrogen (secondary N) is 2. The van der Waals surface area contributed by atoms with Crippen LogP contribution in [0, 0.1) is 23.7 Å². The van der Waals surface area contributed by atoms with Crippen LogP contribution in [0.5, 0.6) is 0 Å². The van der Waals surface area contributed by atoms with Crippen molar-refractivity contribution in [1.82, 2.24) is 15.5 Å². The van der Waals surface area contributed by atoms with Gasteiger partial charge >= 0.3 is 5.97 Å². The van der Waals surface area contributed by atoms with Gasteiger partial charge in [-0.25, -0.2) is 4.79 Å². The second-order valence-corrected chi connectivity index (χ2v) is 16.0. The molecule has 0 radical (unpaired) electrons. The van der Waals surface area contributed by atoms with Crippen molar-refractivity contribution >= 4 is 58.4 Å². The van der Waals surface area contributed by atoms with Gasteiger partial charge in [0, 0.05) is 43.7 Å². The Hall–Kier alpha value is -4.40. The van der Waals surface area contributed by atoms with Gasteiger partial charge in [0.05, 0.1) is 17.5 Å². The monoisotopic (exact) mass is 785 g/mol. The van der Waals surface area contributed by atoms with Gasteiger partial charge in [0.2, 0.25) is 29.5 Å². The van der Waals surface area contributed by atoms with E-state index in [4.69, 9.17) is 16.2 Å². The molecule has 1 aromatic heterocycles. The number of ketones is 2. The van der Waals surface area contributed by atoms with Gasteiger partial charge in [-0.05, 0) is 81.6 Å². The van der Waals surface area contributed by atoms with Crippen LogP contribution < -0.4 is 22.1 Å². The molecule has 3 rings (SSSR count). The number of likely N-dealkylation sites (tertiary alicyclic amines) is 1. The Morgan fingerprint density at radius 1 is 0.945 bits per heavy atom. The summed E-state index contributed by atoms with van der Waals surface area (Å²) in [5.41, 5.74) is 11.2. The topological polar surface area (TPSA) is 225 Å². The third-order valence-electron chi connectivity index (χ3n) is 10.4. The van der Waals surface area contributed by atoms with Crippen molar-refractivity contribution in [3.8, 4) is 0 Å². The Kier molecular flexibility index (Phi) is 18.7. The number of thiophene rings is 1. The summed E-state index contributed by atoms with van der Waals surface area (Å²) in [7, 11) is 0. The van der Waals surface area contributed by atoms with Crippen molar-refractivity contribution in [2.24, 2.45) is 35.1 Å². The maximum atomic E-state index is 14.2. The molecule has 1 saturated carbocycles. The van der Waals surface area contributed by atoms with Crippen LogP contribution >= 0.6 is 11.3 Å². The predicted octanol–water partition coefficient (Wildman–Crippen LogP) is 3.75. The second kappa shape index (κ2) is 22.9. The molecule has 15 heteroatoms. The van der Waals surface area contributed by atoms with Crippen LogP contribution in [0.3, 0.4) is 0 Å². The SMILES string of the molecule is CCOC(=O)/C=C/CC[C@H](CC(=O)c1cccs1)C(=O)N[C@@H](CCC(N)=O)C(=O)N1CCC[C@H]1C(=O)N[C@@H](CC(C)C)C(=O)C[C@H](C(N)=O)C1CCCCC1. The number of primary amides is 2. The van der Waals surface area contributed by atoms with E-state index < -0.39 is 65.5 Å². The smallest absolute Gasteiger partial charge is 0.330 e. The first kappa shape index (κ1) is 45.0. The van der Waals surface area contributed by atoms with Crippen LogP contribution in [0.2, 0.25) is 0 Å². The summed E-state index contributed by atoms with van der Waals surface area (Å²) in [6.45, 7) is 5.94. The number of esters is 1. The zero-order chi connectivity index (χ0) is 40.5. The maximum Gasteiger partial charge on any atom is 0.330 e. The fourth-order valence-electron chi connectivity index (χ4n) is 7.50. The van der Waals surface area contributed by atoms with E-state index in [1.807, 2.05) is 13.8 Å². The molecule has 1 aliphatic heterocycles. The van der Waals surface area contributed by atoms with E-state index in [9.17, 15) is 38.4 Å². The summed E-state index contributed by atoms with van der Waals surface area (Å²) in [6, 6.07) is 0.319. The Morgan fingerprint density at radius 2 is 1.67 bits per heavy atom. The molecule has 55 heavy (non-hydrogen) atoms. The van der Waals surface area contributed by atoms with Crippen molar-refractivity contribution in [1.29, 1.82) is 0 Å². The number of amides is 5. The zero-order valence-corrected chi connectivity index (χ0v) is 33.2. The highest BCUT2D eigenvalue weighted by Gasteiger charge is 2.40. The molecule has 0 unspecified atom stereocenters. The minimum atomic E-state index is -1.23. The molecular formula is C40H59N5O9S. The van der Waals surface area contributed by atoms with E-state index in [-0.39, 0.29) is 75.1 Å². The molecule has 5 atom stereocenters. The van der Waals surface area contributed by atoms with E-state index in [0.29, 0.717) is 24.1 Å². The van der Waals surface area contributed by atoms with Gasteiger partial charge in [-0.3, -0.25) is 33.6 Å². The molecule has 0 aromatic carbocycles. The number of nitrogens with zero attached hydrogens (tertiary/aromatic N) is 1. The summed E-state index contributed by atoms with van der Waals surface area (Å²) in [5, 5.41) is 7.38. The minimum absolute atomic E-state index is 0.0237. The first-order chi connectivity index (χ1) is 26.2. The largest absolute Gasteiger partial charge is 0.463 e. The van der Waals surface area contributed by atoms with Crippen molar-refractivity contribution in [3.63, 3.8) is 0 Å². The summed E-state index contributed by atoms with van der Waals surface area (Å²) in [5.74, 6) is -5.42. The number of nitrogens with two attached hydrogens (primary N) is 2. The highest BCUT2D eigenvalue weighted by Crippen LogP contribution is 2.32. The summed E-state index contributed by atoms with van der Waals surface area (Å²) in [4.78, 5) is 107. The number of ether oxygens (including phenoxy) is 1. The number of hydrogen-bond acceptors (Lipinski definition) is 10. The van der Waals surface area contributed by atoms with Crippen LogP contribution in [0.15, 0.2) is 29.7 Å². The van der Waals surface area contributed by atoms with Crippen molar-refractivity contribution in [3.05, 3.63) is 34.5 Å². The molecule has 2 heterocycles. The molecule has 14 nitrogen and oxygen atoms in total. The first-order valence-corrected chi connectivity index (χ1v) is 20.5. The Morgan fingerprint density at radius 3 is 2.29 bits per heavy atom. The number of carbonyl (C=O) groups excluding carboxylic acids is 8. The van der Waals surface area contributed by atoms with E-state index in [1.165, 1.54) is 22.3 Å². The third-order valence-corrected chi connectivity index (χ3v) is 11.3. The van der Waals surface area contributed by atoms with Crippen LogP contribution in [-0.4, -0.2) is 83.2 Å². The molecule has 5 amide bonds. The molecule has 0 spiro atoms. The quantitative estimate of drug-likeness (QED) is 0.0719. The lowest BCUT2D eigenvalue weighted by Crippen LogP contribution is -2.56. The molecule has 6 N–H and O–H groups in total. The lowest BCUT2D eigenvalue weighted by Gasteiger charge is -2.31. The lowest BCUT2D eigenvalue weighted by molar-refractivity contribution is -0.143. The van der Waals surface area contributed by atoms with Crippen LogP contribution in [-0.2, 0) is 38.3 Å². The highest BCUT2D eigenvalue weighted by molar-refractivity contribution is 7.12. The van der Waals surface area contributed by atoms with E-state index in [0.717, 1.165) is 32.1 Å². The Bertz CT molecular complexity index is 1520. The summed E-state index contributed by atoms with van der Waals surface area (Å²) < 4.78 is 4.91. The normalized spacial score (nSPS) is 18.3. The van der Waals surface area contributed by atoms with Gasteiger partial charge in [-0.2, -0.15) is 0 Å². The highest BCUT2D eigenvalue weighted by atomic mass is 32.1. The van der Waals surface area contributed by atoms with Gasteiger partial charge in [-0.1, -0.05) is 45.3 Å². The average molecular weight is 786 g/mol. The fourth-order valence-corrected chi connectivity index (χ4v) is 8.17. The summed E-state index contributed by atoms with van der Waals surface area (Å²) >= 11 is 1.24. The van der Waals surface area contributed by atoms with Crippen molar-refractivity contribution < 1.29 is 43.1 Å². The molecule has 304 valence electrons. The number of rotatable bonds is 23. The lowest BCUT2D eigenvalue weighted by atomic mass is 9.76. The first-order valence-electron chi connectivity index (χ1n) is 19.6. The van der Waals surface area contributed by atoms with E-state index >= 15 is 0 Å². The van der Waals surface area contributed by atoms with Gasteiger partial charge in [-0.15, -0.1) is 11.3 Å². The fraction of sp³-hybridized carbons (Fsp3) is 0.650. The van der Waals surface area contributed by atoms with Gasteiger partial charge in [0.15, 0.2) is 11.6 Å². The molecule has 0 bridgehead atoms. The second-order valence-electron chi connectivity index (χ2n) is 15.1. The minimum Gasteiger partial charge on any atom is -0.463 e. The zero-order valence-electron chi connectivity index (χ0n) is 32.4. The molecule has 1 saturated heterocycles. The molecule has 1 aromatic rings. The third kappa shape index (κ3) is 14.6. The van der Waals surface area contributed by atoms with E-state index in [1.54, 1.807) is 30.5 Å². The Balaban J connectivity index is 1.78. The average Bonchev–Trinajstić information content (AvgIpc) is 3.87. The van der Waals surface area contributed by atoms with Crippen LogP contribution in [0.1, 0.15) is 120 Å². The van der Waals surface area contributed by atoms with E-state index in [2.05, 4.69) is 10.6 Å². The molecular weight excluding hydrogens is 727 g/mol. The molecule has 2 fully saturated rings.